The lowest BCUT2D eigenvalue weighted by molar-refractivity contribution is 0.0623. The van der Waals surface area contributed by atoms with Gasteiger partial charge in [0, 0.05) is 30.6 Å². The van der Waals surface area contributed by atoms with Gasteiger partial charge in [-0.1, -0.05) is 12.1 Å². The Hall–Kier alpha value is -2.96. The number of benzene rings is 2. The molecule has 4 rings (SSSR count). The van der Waals surface area contributed by atoms with Crippen molar-refractivity contribution in [2.75, 3.05) is 19.7 Å². The normalized spacial score (nSPS) is 18.7. The van der Waals surface area contributed by atoms with E-state index in [1.54, 1.807) is 24.3 Å². The highest BCUT2D eigenvalue weighted by molar-refractivity contribution is 5.95. The van der Waals surface area contributed by atoms with E-state index in [0.29, 0.717) is 31.0 Å². The van der Waals surface area contributed by atoms with Crippen molar-refractivity contribution >= 4 is 11.8 Å². The summed E-state index contributed by atoms with van der Waals surface area (Å²) in [6, 6.07) is 10.7. The number of rotatable bonds is 6. The molecule has 7 heteroatoms. The zero-order valence-electron chi connectivity index (χ0n) is 16.6. The smallest absolute Gasteiger partial charge is 0.259 e. The van der Waals surface area contributed by atoms with E-state index in [4.69, 9.17) is 4.74 Å². The Kier molecular flexibility index (Phi) is 5.97. The first-order chi connectivity index (χ1) is 14.5. The van der Waals surface area contributed by atoms with Gasteiger partial charge in [0.1, 0.15) is 22.9 Å². The van der Waals surface area contributed by atoms with Crippen molar-refractivity contribution in [2.24, 2.45) is 5.92 Å². The SMILES string of the molecule is O=C(NC1CC1)c1cccc(OCC2CCCN(C(=O)c3c(F)cccc3F)C2)c1. The highest BCUT2D eigenvalue weighted by atomic mass is 19.1. The topological polar surface area (TPSA) is 58.6 Å². The largest absolute Gasteiger partial charge is 0.493 e. The molecule has 1 N–H and O–H groups in total. The first kappa shape index (κ1) is 20.3. The van der Waals surface area contributed by atoms with Crippen LogP contribution in [0, 0.1) is 17.6 Å². The Morgan fingerprint density at radius 1 is 1.07 bits per heavy atom. The number of carbonyl (C=O) groups is 2. The van der Waals surface area contributed by atoms with Crippen molar-refractivity contribution in [3.63, 3.8) is 0 Å². The average Bonchev–Trinajstić information content (AvgIpc) is 3.56. The molecule has 0 aromatic heterocycles. The maximum absolute atomic E-state index is 14.0. The van der Waals surface area contributed by atoms with Gasteiger partial charge < -0.3 is 15.0 Å². The van der Waals surface area contributed by atoms with Crippen LogP contribution < -0.4 is 10.1 Å². The summed E-state index contributed by atoms with van der Waals surface area (Å²) < 4.78 is 33.8. The molecular weight excluding hydrogens is 390 g/mol. The van der Waals surface area contributed by atoms with Crippen LogP contribution in [-0.4, -0.2) is 42.5 Å². The number of amides is 2. The molecule has 2 aromatic carbocycles. The summed E-state index contributed by atoms with van der Waals surface area (Å²) in [4.78, 5) is 26.3. The Morgan fingerprint density at radius 3 is 2.53 bits per heavy atom. The van der Waals surface area contributed by atoms with Gasteiger partial charge in [0.2, 0.25) is 0 Å². The van der Waals surface area contributed by atoms with Gasteiger partial charge >= 0.3 is 0 Å². The zero-order chi connectivity index (χ0) is 21.1. The van der Waals surface area contributed by atoms with Gasteiger partial charge in [-0.25, -0.2) is 8.78 Å². The lowest BCUT2D eigenvalue weighted by Gasteiger charge is -2.32. The van der Waals surface area contributed by atoms with Gasteiger partial charge in [-0.3, -0.25) is 9.59 Å². The first-order valence-electron chi connectivity index (χ1n) is 10.3. The van der Waals surface area contributed by atoms with Crippen LogP contribution in [0.15, 0.2) is 42.5 Å². The minimum Gasteiger partial charge on any atom is -0.493 e. The molecule has 2 aromatic rings. The fourth-order valence-corrected chi connectivity index (χ4v) is 3.68. The quantitative estimate of drug-likeness (QED) is 0.783. The minimum absolute atomic E-state index is 0.0430. The van der Waals surface area contributed by atoms with Crippen LogP contribution >= 0.6 is 0 Å². The number of carbonyl (C=O) groups excluding carboxylic acids is 2. The molecule has 1 saturated carbocycles. The average molecular weight is 414 g/mol. The van der Waals surface area contributed by atoms with Crippen LogP contribution in [-0.2, 0) is 0 Å². The molecule has 1 atom stereocenters. The Morgan fingerprint density at radius 2 is 1.80 bits per heavy atom. The molecule has 5 nitrogen and oxygen atoms in total. The summed E-state index contributed by atoms with van der Waals surface area (Å²) in [6.45, 7) is 1.19. The summed E-state index contributed by atoms with van der Waals surface area (Å²) in [5.74, 6) is -1.80. The van der Waals surface area contributed by atoms with Crippen LogP contribution in [0.25, 0.3) is 0 Å². The summed E-state index contributed by atoms with van der Waals surface area (Å²) in [5, 5.41) is 2.95. The number of hydrogen-bond donors (Lipinski definition) is 1. The van der Waals surface area contributed by atoms with Crippen molar-refractivity contribution < 1.29 is 23.1 Å². The predicted octanol–water partition coefficient (Wildman–Crippen LogP) is 3.79. The van der Waals surface area contributed by atoms with Gasteiger partial charge in [-0.05, 0) is 56.0 Å². The number of ether oxygens (including phenoxy) is 1. The molecule has 0 radical (unpaired) electrons. The molecule has 1 aliphatic heterocycles. The molecule has 2 fully saturated rings. The van der Waals surface area contributed by atoms with E-state index in [9.17, 15) is 18.4 Å². The third-order valence-electron chi connectivity index (χ3n) is 5.48. The molecule has 158 valence electrons. The van der Waals surface area contributed by atoms with Crippen LogP contribution in [0.4, 0.5) is 8.78 Å². The molecular formula is C23H24F2N2O3. The van der Waals surface area contributed by atoms with Crippen LogP contribution in [0.5, 0.6) is 5.75 Å². The van der Waals surface area contributed by atoms with Gasteiger partial charge in [-0.15, -0.1) is 0 Å². The number of halogens is 2. The molecule has 1 heterocycles. The van der Waals surface area contributed by atoms with E-state index < -0.39 is 23.1 Å². The number of nitrogens with zero attached hydrogens (tertiary/aromatic N) is 1. The Labute approximate surface area is 174 Å². The number of nitrogens with one attached hydrogen (secondary N) is 1. The molecule has 1 aliphatic carbocycles. The third-order valence-corrected chi connectivity index (χ3v) is 5.48. The van der Waals surface area contributed by atoms with E-state index in [0.717, 1.165) is 37.8 Å². The maximum Gasteiger partial charge on any atom is 0.259 e. The van der Waals surface area contributed by atoms with E-state index in [-0.39, 0.29) is 17.9 Å². The predicted molar refractivity (Wildman–Crippen MR) is 107 cm³/mol. The van der Waals surface area contributed by atoms with E-state index in [1.165, 1.54) is 11.0 Å². The molecule has 2 aliphatic rings. The van der Waals surface area contributed by atoms with Crippen LogP contribution in [0.2, 0.25) is 0 Å². The Balaban J connectivity index is 1.35. The number of likely N-dealkylation sites (tertiary alicyclic amines) is 1. The minimum atomic E-state index is -0.848. The maximum atomic E-state index is 14.0. The second kappa shape index (κ2) is 8.81. The van der Waals surface area contributed by atoms with Crippen molar-refractivity contribution in [3.8, 4) is 5.75 Å². The lowest BCUT2D eigenvalue weighted by Crippen LogP contribution is -2.42. The molecule has 30 heavy (non-hydrogen) atoms. The Bertz CT molecular complexity index is 926. The summed E-state index contributed by atoms with van der Waals surface area (Å²) in [5.41, 5.74) is 0.0447. The fraction of sp³-hybridized carbons (Fsp3) is 0.391. The van der Waals surface area contributed by atoms with Crippen molar-refractivity contribution in [2.45, 2.75) is 31.7 Å². The van der Waals surface area contributed by atoms with E-state index in [2.05, 4.69) is 5.32 Å². The number of hydrogen-bond acceptors (Lipinski definition) is 3. The van der Waals surface area contributed by atoms with Crippen molar-refractivity contribution in [1.29, 1.82) is 0 Å². The summed E-state index contributed by atoms with van der Waals surface area (Å²) in [7, 11) is 0. The van der Waals surface area contributed by atoms with E-state index in [1.807, 2.05) is 0 Å². The molecule has 0 bridgehead atoms. The van der Waals surface area contributed by atoms with Gasteiger partial charge in [0.15, 0.2) is 0 Å². The molecule has 1 saturated heterocycles. The van der Waals surface area contributed by atoms with Crippen LogP contribution in [0.3, 0.4) is 0 Å². The van der Waals surface area contributed by atoms with Gasteiger partial charge in [0.25, 0.3) is 11.8 Å². The monoisotopic (exact) mass is 414 g/mol. The molecule has 1 unspecified atom stereocenters. The molecule has 0 spiro atoms. The highest BCUT2D eigenvalue weighted by Gasteiger charge is 2.28. The van der Waals surface area contributed by atoms with E-state index >= 15 is 0 Å². The lowest BCUT2D eigenvalue weighted by atomic mass is 9.98. The van der Waals surface area contributed by atoms with Gasteiger partial charge in [-0.2, -0.15) is 0 Å². The fourth-order valence-electron chi connectivity index (χ4n) is 3.68. The first-order valence-corrected chi connectivity index (χ1v) is 10.3. The zero-order valence-corrected chi connectivity index (χ0v) is 16.6. The summed E-state index contributed by atoms with van der Waals surface area (Å²) >= 11 is 0. The summed E-state index contributed by atoms with van der Waals surface area (Å²) in [6.07, 6.45) is 3.64. The highest BCUT2D eigenvalue weighted by Crippen LogP contribution is 2.24. The third kappa shape index (κ3) is 4.78. The van der Waals surface area contributed by atoms with Crippen molar-refractivity contribution in [3.05, 3.63) is 65.2 Å². The second-order valence-corrected chi connectivity index (χ2v) is 7.94. The van der Waals surface area contributed by atoms with Gasteiger partial charge in [0.05, 0.1) is 6.61 Å². The standard InChI is InChI=1S/C23H24F2N2O3/c24-19-7-2-8-20(25)21(19)23(29)27-11-3-4-15(13-27)14-30-18-6-1-5-16(12-18)22(28)26-17-9-10-17/h1-2,5-8,12,15,17H,3-4,9-11,13-14H2,(H,26,28). The second-order valence-electron chi connectivity index (χ2n) is 7.94. The number of piperidine rings is 1. The molecule has 2 amide bonds. The van der Waals surface area contributed by atoms with Crippen molar-refractivity contribution in [1.82, 2.24) is 10.2 Å². The van der Waals surface area contributed by atoms with Crippen LogP contribution in [0.1, 0.15) is 46.4 Å².